The Morgan fingerprint density at radius 2 is 2.20 bits per heavy atom. The molecule has 1 aliphatic heterocycles. The molecule has 0 saturated heterocycles. The van der Waals surface area contributed by atoms with Gasteiger partial charge in [0.05, 0.1) is 6.20 Å². The summed E-state index contributed by atoms with van der Waals surface area (Å²) in [6, 6.07) is 1.74. The summed E-state index contributed by atoms with van der Waals surface area (Å²) < 4.78 is 10.3. The van der Waals surface area contributed by atoms with E-state index in [-0.39, 0.29) is 0 Å². The van der Waals surface area contributed by atoms with Crippen LogP contribution in [-0.2, 0) is 0 Å². The second-order valence-electron chi connectivity index (χ2n) is 1.90. The number of hydrogen-bond donors (Lipinski definition) is 0. The molecule has 0 atom stereocenters. The van der Waals surface area contributed by atoms with Gasteiger partial charge < -0.3 is 9.47 Å². The fraction of sp³-hybridized carbons (Fsp3) is 0.333. The number of nitrogens with zero attached hydrogens (tertiary/aromatic N) is 2. The van der Waals surface area contributed by atoms with Crippen LogP contribution in [0.15, 0.2) is 12.3 Å². The number of aromatic nitrogens is 2. The Bertz CT molecular complexity index is 214. The van der Waals surface area contributed by atoms with Crippen LogP contribution in [0.2, 0.25) is 0 Å². The summed E-state index contributed by atoms with van der Waals surface area (Å²) >= 11 is 0. The normalized spacial score (nSPS) is 14.8. The molecule has 1 aliphatic rings. The van der Waals surface area contributed by atoms with E-state index in [1.54, 1.807) is 12.3 Å². The summed E-state index contributed by atoms with van der Waals surface area (Å²) in [5.74, 6) is 1.18. The van der Waals surface area contributed by atoms with Crippen LogP contribution in [0, 0.1) is 0 Å². The smallest absolute Gasteiger partial charge is 0.276 e. The van der Waals surface area contributed by atoms with E-state index in [1.807, 2.05) is 0 Å². The maximum absolute atomic E-state index is 5.20. The Morgan fingerprint density at radius 3 is 3.10 bits per heavy atom. The molecule has 0 saturated carbocycles. The molecule has 1 aromatic rings. The molecule has 0 N–H and O–H groups in total. The predicted molar refractivity (Wildman–Crippen MR) is 33.0 cm³/mol. The molecule has 52 valence electrons. The first-order chi connectivity index (χ1) is 4.97. The fourth-order valence-corrected chi connectivity index (χ4v) is 0.807. The minimum Gasteiger partial charge on any atom is -0.484 e. The zero-order chi connectivity index (χ0) is 6.81. The van der Waals surface area contributed by atoms with E-state index in [0.717, 1.165) is 0 Å². The molecule has 0 aliphatic carbocycles. The van der Waals surface area contributed by atoms with Crippen molar-refractivity contribution in [2.45, 2.75) is 0 Å². The Labute approximate surface area is 57.8 Å². The average molecular weight is 138 g/mol. The molecule has 2 heterocycles. The van der Waals surface area contributed by atoms with Crippen LogP contribution in [0.4, 0.5) is 0 Å². The molecule has 0 fully saturated rings. The van der Waals surface area contributed by atoms with Crippen molar-refractivity contribution in [2.24, 2.45) is 0 Å². The van der Waals surface area contributed by atoms with Crippen LogP contribution in [-0.4, -0.2) is 23.4 Å². The molecule has 0 unspecified atom stereocenters. The average Bonchev–Trinajstić information content (AvgIpc) is 2.05. The minimum absolute atomic E-state index is 0.494. The lowest BCUT2D eigenvalue weighted by Gasteiger charge is -2.15. The maximum Gasteiger partial charge on any atom is 0.276 e. The zero-order valence-corrected chi connectivity index (χ0v) is 5.28. The lowest BCUT2D eigenvalue weighted by Crippen LogP contribution is -2.16. The minimum atomic E-state index is 0.494. The monoisotopic (exact) mass is 138 g/mol. The Kier molecular flexibility index (Phi) is 1.16. The number of rotatable bonds is 0. The van der Waals surface area contributed by atoms with E-state index in [1.165, 1.54) is 0 Å². The highest BCUT2D eigenvalue weighted by atomic mass is 16.6. The van der Waals surface area contributed by atoms with Crippen molar-refractivity contribution in [3.8, 4) is 11.6 Å². The van der Waals surface area contributed by atoms with Crippen LogP contribution < -0.4 is 9.47 Å². The van der Waals surface area contributed by atoms with Crippen molar-refractivity contribution in [3.63, 3.8) is 0 Å². The fourth-order valence-electron chi connectivity index (χ4n) is 0.807. The molecule has 4 nitrogen and oxygen atoms in total. The van der Waals surface area contributed by atoms with Gasteiger partial charge in [0.2, 0.25) is 0 Å². The first-order valence-corrected chi connectivity index (χ1v) is 3.04. The van der Waals surface area contributed by atoms with Crippen molar-refractivity contribution in [3.05, 3.63) is 12.3 Å². The molecule has 0 bridgehead atoms. The Hall–Kier alpha value is -1.32. The standard InChI is InChI=1S/C6H6N2O2/c1-2-7-8-6-5(1)9-3-4-10-6/h1-2H,3-4H2. The summed E-state index contributed by atoms with van der Waals surface area (Å²) in [4.78, 5) is 0. The first-order valence-electron chi connectivity index (χ1n) is 3.04. The van der Waals surface area contributed by atoms with Gasteiger partial charge >= 0.3 is 0 Å². The molecule has 0 amide bonds. The molecular weight excluding hydrogens is 132 g/mol. The lowest BCUT2D eigenvalue weighted by atomic mass is 10.5. The molecule has 0 radical (unpaired) electrons. The second-order valence-corrected chi connectivity index (χ2v) is 1.90. The number of fused-ring (bicyclic) bond motifs is 1. The van der Waals surface area contributed by atoms with Crippen LogP contribution in [0.25, 0.3) is 0 Å². The van der Waals surface area contributed by atoms with Crippen LogP contribution in [0.1, 0.15) is 0 Å². The van der Waals surface area contributed by atoms with Crippen molar-refractivity contribution in [2.75, 3.05) is 13.2 Å². The summed E-state index contributed by atoms with van der Waals surface area (Å²) in [6.45, 7) is 1.16. The third-order valence-corrected chi connectivity index (χ3v) is 1.23. The maximum atomic E-state index is 5.20. The second kappa shape index (κ2) is 2.13. The predicted octanol–water partition coefficient (Wildman–Crippen LogP) is 0.248. The van der Waals surface area contributed by atoms with Gasteiger partial charge in [-0.25, -0.2) is 0 Å². The van der Waals surface area contributed by atoms with E-state index in [4.69, 9.17) is 9.47 Å². The third-order valence-electron chi connectivity index (χ3n) is 1.23. The van der Waals surface area contributed by atoms with Crippen LogP contribution in [0.5, 0.6) is 11.6 Å². The van der Waals surface area contributed by atoms with Gasteiger partial charge in [-0.2, -0.15) is 5.10 Å². The molecule has 1 aromatic heterocycles. The van der Waals surface area contributed by atoms with Crippen molar-refractivity contribution < 1.29 is 9.47 Å². The molecule has 4 heteroatoms. The Balaban J connectivity index is 2.41. The van der Waals surface area contributed by atoms with Crippen molar-refractivity contribution >= 4 is 0 Å². The molecule has 0 aromatic carbocycles. The Morgan fingerprint density at radius 1 is 1.30 bits per heavy atom. The van der Waals surface area contributed by atoms with Crippen molar-refractivity contribution in [1.29, 1.82) is 0 Å². The summed E-state index contributed by atoms with van der Waals surface area (Å²) in [5, 5.41) is 7.37. The topological polar surface area (TPSA) is 44.2 Å². The quantitative estimate of drug-likeness (QED) is 0.515. The van der Waals surface area contributed by atoms with Gasteiger partial charge in [0.15, 0.2) is 5.75 Å². The highest BCUT2D eigenvalue weighted by Crippen LogP contribution is 2.24. The van der Waals surface area contributed by atoms with Crippen molar-refractivity contribution in [1.82, 2.24) is 10.2 Å². The zero-order valence-electron chi connectivity index (χ0n) is 5.28. The van der Waals surface area contributed by atoms with E-state index in [9.17, 15) is 0 Å². The van der Waals surface area contributed by atoms with Gasteiger partial charge in [0, 0.05) is 6.07 Å². The SMILES string of the molecule is c1cc2c(nn1)OCCO2. The highest BCUT2D eigenvalue weighted by molar-refractivity contribution is 5.31. The third kappa shape index (κ3) is 0.775. The van der Waals surface area contributed by atoms with Crippen LogP contribution in [0.3, 0.4) is 0 Å². The van der Waals surface area contributed by atoms with E-state index < -0.39 is 0 Å². The van der Waals surface area contributed by atoms with Gasteiger partial charge in [-0.1, -0.05) is 0 Å². The lowest BCUT2D eigenvalue weighted by molar-refractivity contribution is 0.162. The molecule has 10 heavy (non-hydrogen) atoms. The number of hydrogen-bond acceptors (Lipinski definition) is 4. The van der Waals surface area contributed by atoms with E-state index >= 15 is 0 Å². The molecule has 0 spiro atoms. The van der Waals surface area contributed by atoms with Gasteiger partial charge in [0.25, 0.3) is 5.88 Å². The summed E-state index contributed by atoms with van der Waals surface area (Å²) in [5.41, 5.74) is 0. The van der Waals surface area contributed by atoms with Gasteiger partial charge in [-0.05, 0) is 0 Å². The highest BCUT2D eigenvalue weighted by Gasteiger charge is 2.10. The first kappa shape index (κ1) is 5.46. The summed E-state index contributed by atoms with van der Waals surface area (Å²) in [6.07, 6.45) is 1.58. The summed E-state index contributed by atoms with van der Waals surface area (Å²) in [7, 11) is 0. The number of ether oxygens (including phenoxy) is 2. The van der Waals surface area contributed by atoms with Crippen LogP contribution >= 0.6 is 0 Å². The largest absolute Gasteiger partial charge is 0.484 e. The van der Waals surface area contributed by atoms with Gasteiger partial charge in [-0.15, -0.1) is 5.10 Å². The van der Waals surface area contributed by atoms with Gasteiger partial charge in [0.1, 0.15) is 13.2 Å². The molecule has 2 rings (SSSR count). The van der Waals surface area contributed by atoms with Gasteiger partial charge in [-0.3, -0.25) is 0 Å². The van der Waals surface area contributed by atoms with E-state index in [0.29, 0.717) is 24.8 Å². The van der Waals surface area contributed by atoms with E-state index in [2.05, 4.69) is 10.2 Å². The molecular formula is C6H6N2O2.